The van der Waals surface area contributed by atoms with Crippen molar-refractivity contribution in [2.24, 2.45) is 0 Å². The van der Waals surface area contributed by atoms with Gasteiger partial charge in [0.15, 0.2) is 5.78 Å². The zero-order chi connectivity index (χ0) is 14.3. The summed E-state index contributed by atoms with van der Waals surface area (Å²) in [5.74, 6) is -0.412. The molecule has 0 fully saturated rings. The summed E-state index contributed by atoms with van der Waals surface area (Å²) in [5, 5.41) is 4.95. The van der Waals surface area contributed by atoms with Gasteiger partial charge in [-0.2, -0.15) is 0 Å². The van der Waals surface area contributed by atoms with Gasteiger partial charge < -0.3 is 15.4 Å². The largest absolute Gasteiger partial charge is 0.450 e. The van der Waals surface area contributed by atoms with Crippen LogP contribution < -0.4 is 10.6 Å². The molecule has 0 bridgehead atoms. The van der Waals surface area contributed by atoms with Gasteiger partial charge in [-0.1, -0.05) is 0 Å². The Morgan fingerprint density at radius 1 is 1.16 bits per heavy atom. The highest BCUT2D eigenvalue weighted by Crippen LogP contribution is 2.09. The third-order valence-corrected chi connectivity index (χ3v) is 2.20. The monoisotopic (exact) mass is 264 g/mol. The van der Waals surface area contributed by atoms with Gasteiger partial charge in [-0.05, 0) is 31.2 Å². The van der Waals surface area contributed by atoms with Crippen LogP contribution in [0.5, 0.6) is 0 Å². The number of ether oxygens (including phenoxy) is 1. The number of carbonyl (C=O) groups is 3. The number of Topliss-reactive ketones (excluding diaryl/α,β-unsaturated/α-hetero) is 1. The lowest BCUT2D eigenvalue weighted by Gasteiger charge is -2.06. The minimum Gasteiger partial charge on any atom is -0.450 e. The van der Waals surface area contributed by atoms with E-state index in [1.54, 1.807) is 31.2 Å². The minimum absolute atomic E-state index is 0.127. The molecule has 0 aliphatic heterocycles. The lowest BCUT2D eigenvalue weighted by molar-refractivity contribution is -0.114. The predicted molar refractivity (Wildman–Crippen MR) is 70.1 cm³/mol. The van der Waals surface area contributed by atoms with Crippen LogP contribution in [0.1, 0.15) is 24.2 Å². The van der Waals surface area contributed by atoms with Crippen molar-refractivity contribution in [3.63, 3.8) is 0 Å². The fourth-order valence-corrected chi connectivity index (χ4v) is 1.38. The Morgan fingerprint density at radius 3 is 2.32 bits per heavy atom. The lowest BCUT2D eigenvalue weighted by Crippen LogP contribution is -2.30. The van der Waals surface area contributed by atoms with Crippen LogP contribution in [-0.2, 0) is 9.53 Å². The highest BCUT2D eigenvalue weighted by Gasteiger charge is 2.08. The number of hydrogen-bond acceptors (Lipinski definition) is 4. The van der Waals surface area contributed by atoms with Crippen molar-refractivity contribution in [3.8, 4) is 0 Å². The van der Waals surface area contributed by atoms with E-state index in [1.807, 2.05) is 0 Å². The Bertz CT molecular complexity index is 468. The summed E-state index contributed by atoms with van der Waals surface area (Å²) in [6, 6.07) is 6.42. The van der Waals surface area contributed by atoms with Crippen molar-refractivity contribution in [2.45, 2.75) is 13.8 Å². The molecule has 0 heterocycles. The predicted octanol–water partition coefficient (Wildman–Crippen LogP) is 1.57. The number of benzene rings is 1. The topological polar surface area (TPSA) is 84.5 Å². The molecular weight excluding hydrogens is 248 g/mol. The molecule has 0 aromatic heterocycles. The molecule has 0 spiro atoms. The maximum absolute atomic E-state index is 11.7. The summed E-state index contributed by atoms with van der Waals surface area (Å²) in [7, 11) is 0. The fourth-order valence-electron chi connectivity index (χ4n) is 1.38. The first-order chi connectivity index (χ1) is 9.02. The number of rotatable bonds is 5. The molecule has 2 amide bonds. The molecule has 19 heavy (non-hydrogen) atoms. The van der Waals surface area contributed by atoms with E-state index in [4.69, 9.17) is 0 Å². The number of anilines is 1. The molecule has 6 heteroatoms. The number of ketones is 1. The van der Waals surface area contributed by atoms with Crippen molar-refractivity contribution in [1.29, 1.82) is 0 Å². The number of alkyl carbamates (subject to hydrolysis) is 1. The molecule has 0 radical (unpaired) electrons. The summed E-state index contributed by atoms with van der Waals surface area (Å²) < 4.78 is 4.64. The average molecular weight is 264 g/mol. The zero-order valence-corrected chi connectivity index (χ0v) is 10.9. The molecule has 102 valence electrons. The van der Waals surface area contributed by atoms with Gasteiger partial charge in [0.1, 0.15) is 0 Å². The van der Waals surface area contributed by atoms with Crippen LogP contribution in [-0.4, -0.2) is 30.9 Å². The number of nitrogens with one attached hydrogen (secondary N) is 2. The Labute approximate surface area is 111 Å². The number of carbonyl (C=O) groups excluding carboxylic acids is 3. The molecule has 0 saturated carbocycles. The van der Waals surface area contributed by atoms with Crippen LogP contribution in [0, 0.1) is 0 Å². The number of hydrogen-bond donors (Lipinski definition) is 2. The molecule has 0 aliphatic carbocycles. The molecular formula is C13H16N2O4. The summed E-state index contributed by atoms with van der Waals surface area (Å²) in [4.78, 5) is 33.6. The third-order valence-electron chi connectivity index (χ3n) is 2.20. The van der Waals surface area contributed by atoms with Crippen LogP contribution in [0.4, 0.5) is 10.5 Å². The van der Waals surface area contributed by atoms with Crippen molar-refractivity contribution in [3.05, 3.63) is 29.8 Å². The summed E-state index contributed by atoms with van der Waals surface area (Å²) >= 11 is 0. The Morgan fingerprint density at radius 2 is 1.79 bits per heavy atom. The molecule has 0 unspecified atom stereocenters. The number of amides is 2. The molecule has 0 saturated heterocycles. The Kier molecular flexibility index (Phi) is 5.53. The molecule has 1 aromatic rings. The normalized spacial score (nSPS) is 9.58. The lowest BCUT2D eigenvalue weighted by atomic mass is 10.1. The highest BCUT2D eigenvalue weighted by molar-refractivity contribution is 5.99. The van der Waals surface area contributed by atoms with Gasteiger partial charge >= 0.3 is 6.09 Å². The smallest absolute Gasteiger partial charge is 0.407 e. The minimum atomic E-state index is -0.620. The first-order valence-electron chi connectivity index (χ1n) is 5.84. The van der Waals surface area contributed by atoms with E-state index in [0.717, 1.165) is 0 Å². The van der Waals surface area contributed by atoms with Gasteiger partial charge in [0.25, 0.3) is 0 Å². The van der Waals surface area contributed by atoms with E-state index in [2.05, 4.69) is 15.4 Å². The van der Waals surface area contributed by atoms with E-state index < -0.39 is 6.09 Å². The Hall–Kier alpha value is -2.37. The quantitative estimate of drug-likeness (QED) is 0.791. The second-order valence-corrected chi connectivity index (χ2v) is 3.76. The van der Waals surface area contributed by atoms with Gasteiger partial charge in [-0.3, -0.25) is 9.59 Å². The summed E-state index contributed by atoms with van der Waals surface area (Å²) in [5.41, 5.74) is 1.06. The van der Waals surface area contributed by atoms with E-state index in [9.17, 15) is 14.4 Å². The van der Waals surface area contributed by atoms with Gasteiger partial charge in [-0.15, -0.1) is 0 Å². The maximum Gasteiger partial charge on any atom is 0.407 e. The van der Waals surface area contributed by atoms with Gasteiger partial charge in [0, 0.05) is 18.2 Å². The van der Waals surface area contributed by atoms with Crippen molar-refractivity contribution < 1.29 is 19.1 Å². The van der Waals surface area contributed by atoms with Gasteiger partial charge in [0.2, 0.25) is 5.91 Å². The van der Waals surface area contributed by atoms with Crippen LogP contribution in [0.25, 0.3) is 0 Å². The van der Waals surface area contributed by atoms with Crippen molar-refractivity contribution >= 4 is 23.5 Å². The van der Waals surface area contributed by atoms with Gasteiger partial charge in [-0.25, -0.2) is 4.79 Å². The molecule has 1 aromatic carbocycles. The molecule has 0 aliphatic rings. The van der Waals surface area contributed by atoms with Gasteiger partial charge in [0.05, 0.1) is 13.2 Å². The maximum atomic E-state index is 11.7. The molecule has 1 rings (SSSR count). The molecule has 0 atom stereocenters. The zero-order valence-electron chi connectivity index (χ0n) is 10.9. The van der Waals surface area contributed by atoms with Crippen LogP contribution in [0.15, 0.2) is 24.3 Å². The Balaban J connectivity index is 2.53. The van der Waals surface area contributed by atoms with Crippen LogP contribution in [0.3, 0.4) is 0 Å². The molecule has 2 N–H and O–H groups in total. The summed E-state index contributed by atoms with van der Waals surface area (Å²) in [6.07, 6.45) is -0.620. The fraction of sp³-hybridized carbons (Fsp3) is 0.308. The van der Waals surface area contributed by atoms with E-state index >= 15 is 0 Å². The highest BCUT2D eigenvalue weighted by atomic mass is 16.5. The summed E-state index contributed by atoms with van der Waals surface area (Å²) in [6.45, 7) is 3.22. The SMILES string of the molecule is CCOC(=O)NCC(=O)c1ccc(NC(C)=O)cc1. The van der Waals surface area contributed by atoms with Crippen LogP contribution >= 0.6 is 0 Å². The second-order valence-electron chi connectivity index (χ2n) is 3.76. The standard InChI is InChI=1S/C13H16N2O4/c1-3-19-13(18)14-8-12(17)10-4-6-11(7-5-10)15-9(2)16/h4-7H,3,8H2,1-2H3,(H,14,18)(H,15,16). The first kappa shape index (κ1) is 14.7. The third kappa shape index (κ3) is 5.20. The average Bonchev–Trinajstić information content (AvgIpc) is 2.36. The van der Waals surface area contributed by atoms with Crippen molar-refractivity contribution in [2.75, 3.05) is 18.5 Å². The van der Waals surface area contributed by atoms with E-state index in [-0.39, 0.29) is 24.8 Å². The van der Waals surface area contributed by atoms with Crippen molar-refractivity contribution in [1.82, 2.24) is 5.32 Å². The van der Waals surface area contributed by atoms with E-state index in [1.165, 1.54) is 6.92 Å². The van der Waals surface area contributed by atoms with E-state index in [0.29, 0.717) is 11.3 Å². The van der Waals surface area contributed by atoms with Crippen LogP contribution in [0.2, 0.25) is 0 Å². The molecule has 6 nitrogen and oxygen atoms in total. The second kappa shape index (κ2) is 7.15. The first-order valence-corrected chi connectivity index (χ1v) is 5.84.